The molecule has 0 spiro atoms. The van der Waals surface area contributed by atoms with Gasteiger partial charge in [0.05, 0.1) is 0 Å². The Hall–Kier alpha value is -0.0400. The van der Waals surface area contributed by atoms with Gasteiger partial charge in [-0.1, -0.05) is 53.9 Å². The lowest BCUT2D eigenvalue weighted by atomic mass is 9.81. The van der Waals surface area contributed by atoms with E-state index in [1.54, 1.807) is 0 Å². The van der Waals surface area contributed by atoms with Crippen molar-refractivity contribution in [1.29, 1.82) is 0 Å². The Morgan fingerprint density at radius 2 is 1.63 bits per heavy atom. The maximum absolute atomic E-state index is 3.84. The van der Waals surface area contributed by atoms with Gasteiger partial charge in [0, 0.05) is 6.04 Å². The molecule has 2 unspecified atom stereocenters. The van der Waals surface area contributed by atoms with Gasteiger partial charge in [-0.15, -0.1) is 0 Å². The molecule has 114 valence electrons. The standard InChI is InChI=1S/C18H37N/c1-14(2)11-18(12-15(3)4)19-10-9-17-8-6-7-16(5)13-17/h14-19H,6-13H2,1-5H3. The molecular formula is C18H37N. The second kappa shape index (κ2) is 9.00. The van der Waals surface area contributed by atoms with E-state index < -0.39 is 0 Å². The summed E-state index contributed by atoms with van der Waals surface area (Å²) in [5, 5.41) is 3.84. The molecule has 0 amide bonds. The van der Waals surface area contributed by atoms with Gasteiger partial charge in [-0.05, 0) is 55.9 Å². The summed E-state index contributed by atoms with van der Waals surface area (Å²) in [7, 11) is 0. The van der Waals surface area contributed by atoms with Crippen LogP contribution in [-0.4, -0.2) is 12.6 Å². The van der Waals surface area contributed by atoms with Crippen LogP contribution in [0.4, 0.5) is 0 Å². The van der Waals surface area contributed by atoms with Gasteiger partial charge in [0.1, 0.15) is 0 Å². The van der Waals surface area contributed by atoms with Gasteiger partial charge in [-0.25, -0.2) is 0 Å². The first-order valence-corrected chi connectivity index (χ1v) is 8.70. The SMILES string of the molecule is CC(C)CC(CC(C)C)NCCC1CCCC(C)C1. The summed E-state index contributed by atoms with van der Waals surface area (Å²) in [6.07, 6.45) is 9.95. The molecule has 0 aromatic heterocycles. The van der Waals surface area contributed by atoms with Crippen molar-refractivity contribution in [1.82, 2.24) is 5.32 Å². The van der Waals surface area contributed by atoms with Crippen molar-refractivity contribution in [2.75, 3.05) is 6.54 Å². The summed E-state index contributed by atoms with van der Waals surface area (Å²) in [4.78, 5) is 0. The van der Waals surface area contributed by atoms with Crippen LogP contribution in [0.25, 0.3) is 0 Å². The Morgan fingerprint density at radius 3 is 2.16 bits per heavy atom. The van der Waals surface area contributed by atoms with Crippen molar-refractivity contribution in [3.8, 4) is 0 Å². The molecule has 1 fully saturated rings. The molecule has 1 aliphatic rings. The van der Waals surface area contributed by atoms with Crippen molar-refractivity contribution in [3.05, 3.63) is 0 Å². The van der Waals surface area contributed by atoms with E-state index in [0.29, 0.717) is 0 Å². The third-order valence-corrected chi connectivity index (χ3v) is 4.54. The summed E-state index contributed by atoms with van der Waals surface area (Å²) in [6, 6.07) is 0.737. The van der Waals surface area contributed by atoms with E-state index in [9.17, 15) is 0 Å². The minimum absolute atomic E-state index is 0.737. The zero-order valence-electron chi connectivity index (χ0n) is 14.0. The molecule has 19 heavy (non-hydrogen) atoms. The summed E-state index contributed by atoms with van der Waals surface area (Å²) >= 11 is 0. The smallest absolute Gasteiger partial charge is 0.00719 e. The van der Waals surface area contributed by atoms with E-state index in [1.165, 1.54) is 51.5 Å². The molecule has 1 nitrogen and oxygen atoms in total. The molecule has 0 radical (unpaired) electrons. The van der Waals surface area contributed by atoms with E-state index in [0.717, 1.165) is 29.7 Å². The first-order chi connectivity index (χ1) is 8.97. The maximum Gasteiger partial charge on any atom is 0.00719 e. The summed E-state index contributed by atoms with van der Waals surface area (Å²) in [6.45, 7) is 13.0. The van der Waals surface area contributed by atoms with Crippen LogP contribution in [0.15, 0.2) is 0 Å². The van der Waals surface area contributed by atoms with Crippen molar-refractivity contribution in [3.63, 3.8) is 0 Å². The first kappa shape index (κ1) is 17.0. The quantitative estimate of drug-likeness (QED) is 0.633. The fourth-order valence-corrected chi connectivity index (χ4v) is 3.71. The van der Waals surface area contributed by atoms with E-state index in [-0.39, 0.29) is 0 Å². The zero-order valence-corrected chi connectivity index (χ0v) is 14.0. The van der Waals surface area contributed by atoms with Crippen LogP contribution < -0.4 is 5.32 Å². The highest BCUT2D eigenvalue weighted by Gasteiger charge is 2.19. The Bertz CT molecular complexity index is 212. The number of hydrogen-bond acceptors (Lipinski definition) is 1. The van der Waals surface area contributed by atoms with Crippen molar-refractivity contribution >= 4 is 0 Å². The van der Waals surface area contributed by atoms with Crippen LogP contribution in [-0.2, 0) is 0 Å². The Morgan fingerprint density at radius 1 is 1.00 bits per heavy atom. The minimum atomic E-state index is 0.737. The predicted molar refractivity (Wildman–Crippen MR) is 86.4 cm³/mol. The van der Waals surface area contributed by atoms with Gasteiger partial charge in [0.15, 0.2) is 0 Å². The van der Waals surface area contributed by atoms with Crippen LogP contribution in [0.1, 0.15) is 79.6 Å². The second-order valence-corrected chi connectivity index (χ2v) is 7.84. The maximum atomic E-state index is 3.84. The molecular weight excluding hydrogens is 230 g/mol. The predicted octanol–water partition coefficient (Wildman–Crippen LogP) is 5.25. The second-order valence-electron chi connectivity index (χ2n) is 7.84. The molecule has 1 N–H and O–H groups in total. The van der Waals surface area contributed by atoms with Crippen LogP contribution in [0.2, 0.25) is 0 Å². The minimum Gasteiger partial charge on any atom is -0.314 e. The molecule has 0 aromatic rings. The summed E-state index contributed by atoms with van der Waals surface area (Å²) < 4.78 is 0. The topological polar surface area (TPSA) is 12.0 Å². The Labute approximate surface area is 121 Å². The lowest BCUT2D eigenvalue weighted by Crippen LogP contribution is -2.33. The van der Waals surface area contributed by atoms with Crippen LogP contribution >= 0.6 is 0 Å². The third kappa shape index (κ3) is 7.97. The average molecular weight is 268 g/mol. The van der Waals surface area contributed by atoms with Gasteiger partial charge >= 0.3 is 0 Å². The number of nitrogens with one attached hydrogen (secondary N) is 1. The van der Waals surface area contributed by atoms with Gasteiger partial charge in [-0.2, -0.15) is 0 Å². The van der Waals surface area contributed by atoms with Gasteiger partial charge < -0.3 is 5.32 Å². The molecule has 1 aliphatic carbocycles. The van der Waals surface area contributed by atoms with Gasteiger partial charge in [0.25, 0.3) is 0 Å². The molecule has 0 heterocycles. The fraction of sp³-hybridized carbons (Fsp3) is 1.00. The van der Waals surface area contributed by atoms with E-state index in [1.807, 2.05) is 0 Å². The van der Waals surface area contributed by atoms with Gasteiger partial charge in [-0.3, -0.25) is 0 Å². The van der Waals surface area contributed by atoms with E-state index >= 15 is 0 Å². The van der Waals surface area contributed by atoms with Crippen molar-refractivity contribution in [2.24, 2.45) is 23.7 Å². The van der Waals surface area contributed by atoms with Crippen LogP contribution in [0, 0.1) is 23.7 Å². The fourth-order valence-electron chi connectivity index (χ4n) is 3.71. The largest absolute Gasteiger partial charge is 0.314 e. The summed E-state index contributed by atoms with van der Waals surface area (Å²) in [5.74, 6) is 3.59. The molecule has 1 heteroatoms. The highest BCUT2D eigenvalue weighted by Crippen LogP contribution is 2.30. The molecule has 0 bridgehead atoms. The van der Waals surface area contributed by atoms with Gasteiger partial charge in [0.2, 0.25) is 0 Å². The van der Waals surface area contributed by atoms with Crippen molar-refractivity contribution in [2.45, 2.75) is 85.6 Å². The monoisotopic (exact) mass is 267 g/mol. The molecule has 0 aromatic carbocycles. The Kier molecular flexibility index (Phi) is 8.06. The molecule has 0 aliphatic heterocycles. The lowest BCUT2D eigenvalue weighted by molar-refractivity contribution is 0.259. The first-order valence-electron chi connectivity index (χ1n) is 8.70. The number of rotatable bonds is 8. The lowest BCUT2D eigenvalue weighted by Gasteiger charge is -2.28. The molecule has 1 saturated carbocycles. The molecule has 2 atom stereocenters. The Balaban J connectivity index is 2.22. The van der Waals surface area contributed by atoms with E-state index in [4.69, 9.17) is 0 Å². The summed E-state index contributed by atoms with van der Waals surface area (Å²) in [5.41, 5.74) is 0. The van der Waals surface area contributed by atoms with Crippen LogP contribution in [0.3, 0.4) is 0 Å². The van der Waals surface area contributed by atoms with Crippen LogP contribution in [0.5, 0.6) is 0 Å². The van der Waals surface area contributed by atoms with E-state index in [2.05, 4.69) is 39.9 Å². The normalized spacial score (nSPS) is 24.6. The molecule has 0 saturated heterocycles. The molecule has 1 rings (SSSR count). The highest BCUT2D eigenvalue weighted by molar-refractivity contribution is 4.74. The third-order valence-electron chi connectivity index (χ3n) is 4.54. The zero-order chi connectivity index (χ0) is 14.3. The van der Waals surface area contributed by atoms with Crippen molar-refractivity contribution < 1.29 is 0 Å². The average Bonchev–Trinajstić information content (AvgIpc) is 2.27. The highest BCUT2D eigenvalue weighted by atomic mass is 14.9. The number of hydrogen-bond donors (Lipinski definition) is 1.